The highest BCUT2D eigenvalue weighted by molar-refractivity contribution is 5.80. The summed E-state index contributed by atoms with van der Waals surface area (Å²) in [5, 5.41) is 14.5. The molecular formula is C37H48N2O13. The zero-order valence-electron chi connectivity index (χ0n) is 30.5. The number of fused-ring (bicyclic) bond motifs is 2. The summed E-state index contributed by atoms with van der Waals surface area (Å²) >= 11 is 0. The van der Waals surface area contributed by atoms with E-state index >= 15 is 0 Å². The highest BCUT2D eigenvalue weighted by Gasteiger charge is 2.47. The minimum atomic E-state index is -1.30. The fourth-order valence-corrected chi connectivity index (χ4v) is 6.47. The van der Waals surface area contributed by atoms with Crippen LogP contribution < -0.4 is 29.0 Å². The minimum absolute atomic E-state index is 0.0337. The van der Waals surface area contributed by atoms with Gasteiger partial charge in [0.05, 0.1) is 38.4 Å². The fraction of sp³-hybridized carbons (Fsp3) is 0.486. The largest absolute Gasteiger partial charge is 0.493 e. The van der Waals surface area contributed by atoms with Crippen LogP contribution in [0.1, 0.15) is 53.7 Å². The fourth-order valence-electron chi connectivity index (χ4n) is 6.47. The molecule has 4 rings (SSSR count). The number of rotatable bonds is 18. The summed E-state index contributed by atoms with van der Waals surface area (Å²) in [6.07, 6.45) is 2.40. The van der Waals surface area contributed by atoms with Crippen molar-refractivity contribution in [2.75, 3.05) is 60.8 Å². The second kappa shape index (κ2) is 18.5. The third-order valence-electron chi connectivity index (χ3n) is 8.55. The van der Waals surface area contributed by atoms with Crippen molar-refractivity contribution in [2.45, 2.75) is 58.3 Å². The van der Waals surface area contributed by atoms with Crippen molar-refractivity contribution >= 4 is 18.0 Å². The third-order valence-corrected chi connectivity index (χ3v) is 8.55. The summed E-state index contributed by atoms with van der Waals surface area (Å²) in [5.41, 5.74) is 2.85. The zero-order valence-corrected chi connectivity index (χ0v) is 30.5. The molecule has 2 aromatic carbocycles. The van der Waals surface area contributed by atoms with Gasteiger partial charge in [0.25, 0.3) is 0 Å². The number of nitrogens with one attached hydrogen (secondary N) is 1. The molecule has 0 aliphatic carbocycles. The van der Waals surface area contributed by atoms with Crippen LogP contribution in [0.5, 0.6) is 28.7 Å². The van der Waals surface area contributed by atoms with Gasteiger partial charge in [-0.25, -0.2) is 9.59 Å². The van der Waals surface area contributed by atoms with E-state index in [9.17, 15) is 19.5 Å². The second-order valence-electron chi connectivity index (χ2n) is 12.0. The second-order valence-corrected chi connectivity index (χ2v) is 12.0. The average Bonchev–Trinajstić information content (AvgIpc) is 3.63. The topological polar surface area (TPSA) is 170 Å². The van der Waals surface area contributed by atoms with Gasteiger partial charge in [0.15, 0.2) is 29.8 Å². The van der Waals surface area contributed by atoms with Crippen LogP contribution >= 0.6 is 0 Å². The Labute approximate surface area is 303 Å². The van der Waals surface area contributed by atoms with Crippen LogP contribution in [-0.2, 0) is 35.0 Å². The number of benzene rings is 2. The van der Waals surface area contributed by atoms with Gasteiger partial charge in [-0.15, -0.1) is 0 Å². The molecule has 284 valence electrons. The van der Waals surface area contributed by atoms with E-state index in [0.717, 1.165) is 11.1 Å². The van der Waals surface area contributed by atoms with Crippen molar-refractivity contribution in [3.05, 3.63) is 65.3 Å². The highest BCUT2D eigenvalue weighted by Crippen LogP contribution is 2.49. The Balaban J connectivity index is 1.99. The molecule has 2 aliphatic heterocycles. The number of hydrogen-bond acceptors (Lipinski definition) is 14. The Kier molecular flexibility index (Phi) is 14.1. The first-order valence-electron chi connectivity index (χ1n) is 16.8. The van der Waals surface area contributed by atoms with Crippen LogP contribution in [0, 0.1) is 13.8 Å². The van der Waals surface area contributed by atoms with Crippen molar-refractivity contribution in [1.29, 1.82) is 0 Å². The number of amides is 1. The number of esters is 2. The van der Waals surface area contributed by atoms with Gasteiger partial charge in [0, 0.05) is 30.7 Å². The first-order valence-corrected chi connectivity index (χ1v) is 16.8. The monoisotopic (exact) mass is 728 g/mol. The SMILES string of the molecule is C=CCOC(=O)N1[C@H](COC(C)=O)Cc2cc(C)c(OC)c(OCC=C)c2[C@@H]1[C@H](CO)N[C@H](C(=O)OCC)c1cc(OCOC)c(C)c2c1OCO2. The summed E-state index contributed by atoms with van der Waals surface area (Å²) < 4.78 is 51.2. The summed E-state index contributed by atoms with van der Waals surface area (Å²) in [4.78, 5) is 41.4. The molecule has 2 N–H and O–H groups in total. The predicted octanol–water partition coefficient (Wildman–Crippen LogP) is 4.00. The average molecular weight is 729 g/mol. The van der Waals surface area contributed by atoms with Crippen molar-refractivity contribution in [2.24, 2.45) is 0 Å². The molecule has 4 atom stereocenters. The summed E-state index contributed by atoms with van der Waals surface area (Å²) in [6.45, 7) is 13.0. The first kappa shape index (κ1) is 39.8. The van der Waals surface area contributed by atoms with Crippen LogP contribution in [0.4, 0.5) is 4.79 Å². The van der Waals surface area contributed by atoms with Crippen LogP contribution in [0.25, 0.3) is 0 Å². The predicted molar refractivity (Wildman–Crippen MR) is 187 cm³/mol. The normalized spacial score (nSPS) is 16.9. The van der Waals surface area contributed by atoms with E-state index in [1.165, 1.54) is 32.1 Å². The molecule has 0 fully saturated rings. The molecule has 2 heterocycles. The number of methoxy groups -OCH3 is 2. The molecule has 15 heteroatoms. The maximum atomic E-state index is 14.1. The van der Waals surface area contributed by atoms with Crippen molar-refractivity contribution in [3.8, 4) is 28.7 Å². The maximum Gasteiger partial charge on any atom is 0.411 e. The Hall–Kier alpha value is -4.99. The Morgan fingerprint density at radius 2 is 1.77 bits per heavy atom. The van der Waals surface area contributed by atoms with E-state index < -0.39 is 48.8 Å². The van der Waals surface area contributed by atoms with Crippen LogP contribution in [0.15, 0.2) is 37.4 Å². The van der Waals surface area contributed by atoms with Gasteiger partial charge in [-0.1, -0.05) is 31.4 Å². The Morgan fingerprint density at radius 3 is 2.40 bits per heavy atom. The summed E-state index contributed by atoms with van der Waals surface area (Å²) in [7, 11) is 2.97. The van der Waals surface area contributed by atoms with Crippen molar-refractivity contribution in [1.82, 2.24) is 10.2 Å². The molecule has 52 heavy (non-hydrogen) atoms. The van der Waals surface area contributed by atoms with Crippen molar-refractivity contribution in [3.63, 3.8) is 0 Å². The molecular weight excluding hydrogens is 680 g/mol. The van der Waals surface area contributed by atoms with Gasteiger partial charge in [0.1, 0.15) is 31.6 Å². The molecule has 0 radical (unpaired) electrons. The van der Waals surface area contributed by atoms with E-state index in [-0.39, 0.29) is 52.2 Å². The third kappa shape index (κ3) is 8.54. The number of aryl methyl sites for hydroxylation is 1. The van der Waals surface area contributed by atoms with Gasteiger partial charge in [-0.05, 0) is 44.4 Å². The van der Waals surface area contributed by atoms with E-state index in [1.807, 2.05) is 13.0 Å². The molecule has 2 aromatic rings. The Bertz CT molecular complexity index is 1630. The maximum absolute atomic E-state index is 14.1. The lowest BCUT2D eigenvalue weighted by molar-refractivity contribution is -0.147. The molecule has 2 aliphatic rings. The molecule has 0 aromatic heterocycles. The minimum Gasteiger partial charge on any atom is -0.493 e. The number of aliphatic hydroxyl groups excluding tert-OH is 1. The highest BCUT2D eigenvalue weighted by atomic mass is 16.7. The quantitative estimate of drug-likeness (QED) is 0.0978. The van der Waals surface area contributed by atoms with Crippen molar-refractivity contribution < 1.29 is 62.1 Å². The molecule has 1 amide bonds. The van der Waals surface area contributed by atoms with E-state index in [0.29, 0.717) is 39.7 Å². The van der Waals surface area contributed by atoms with E-state index in [4.69, 9.17) is 42.6 Å². The number of nitrogens with zero attached hydrogens (tertiary/aromatic N) is 1. The lowest BCUT2D eigenvalue weighted by Crippen LogP contribution is -2.57. The smallest absolute Gasteiger partial charge is 0.411 e. The molecule has 15 nitrogen and oxygen atoms in total. The van der Waals surface area contributed by atoms with Gasteiger partial charge in [0.2, 0.25) is 6.79 Å². The lowest BCUT2D eigenvalue weighted by Gasteiger charge is -2.46. The number of aliphatic hydroxyl groups is 1. The molecule has 0 saturated heterocycles. The van der Waals surface area contributed by atoms with Crippen LogP contribution in [-0.4, -0.2) is 101 Å². The number of hydrogen-bond donors (Lipinski definition) is 2. The molecule has 0 bridgehead atoms. The number of ether oxygens (including phenoxy) is 9. The molecule has 0 saturated carbocycles. The van der Waals surface area contributed by atoms with Gasteiger partial charge in [-0.2, -0.15) is 0 Å². The van der Waals surface area contributed by atoms with E-state index in [2.05, 4.69) is 18.5 Å². The van der Waals surface area contributed by atoms with Gasteiger partial charge < -0.3 is 47.7 Å². The number of carbonyl (C=O) groups is 3. The lowest BCUT2D eigenvalue weighted by atomic mass is 9.82. The standard InChI is InChI=1S/C37H48N2O13/c1-9-12-47-35-29-24(14-21(4)32(35)45-8)15-25(18-49-23(6)41)39(37(43)48-13-10-2)31(29)27(17-40)38-30(36(42)46-11-3)26-16-28(50-19-44-7)22(5)33-34(26)52-20-51-33/h9-10,14,16,25,27,30-31,38,40H,1-2,11-13,15,17-20H2,3-8H3/t25-,27-,30-,31-/m0/s1. The Morgan fingerprint density at radius 1 is 1.04 bits per heavy atom. The zero-order chi connectivity index (χ0) is 37.9. The van der Waals surface area contributed by atoms with Gasteiger partial charge >= 0.3 is 18.0 Å². The summed E-state index contributed by atoms with van der Waals surface area (Å²) in [6, 6.07) is -0.812. The van der Waals surface area contributed by atoms with Crippen LogP contribution in [0.3, 0.4) is 0 Å². The number of carbonyl (C=O) groups excluding carboxylic acids is 3. The van der Waals surface area contributed by atoms with Crippen LogP contribution in [0.2, 0.25) is 0 Å². The molecule has 0 spiro atoms. The van der Waals surface area contributed by atoms with E-state index in [1.54, 1.807) is 26.0 Å². The van der Waals surface area contributed by atoms with Gasteiger partial charge in [-0.3, -0.25) is 15.0 Å². The molecule has 0 unspecified atom stereocenters. The summed E-state index contributed by atoms with van der Waals surface area (Å²) in [5.74, 6) is 0.421. The first-order chi connectivity index (χ1) is 25.1.